The molecule has 0 radical (unpaired) electrons. The first-order chi connectivity index (χ1) is 15.9. The summed E-state index contributed by atoms with van der Waals surface area (Å²) in [5.41, 5.74) is 1.81. The topological polar surface area (TPSA) is 96.2 Å². The van der Waals surface area contributed by atoms with Gasteiger partial charge in [0.2, 0.25) is 0 Å². The van der Waals surface area contributed by atoms with Crippen LogP contribution >= 0.6 is 0 Å². The monoisotopic (exact) mass is 495 g/mol. The molecule has 0 amide bonds. The number of fused-ring (bicyclic) bond motifs is 5. The van der Waals surface area contributed by atoms with E-state index in [0.717, 1.165) is 36.2 Å². The Morgan fingerprint density at radius 2 is 1.82 bits per heavy atom. The van der Waals surface area contributed by atoms with E-state index in [2.05, 4.69) is 39.8 Å². The SMILES string of the molecule is CC(C)CCC[C@@H](C)[C@H]1CC[C@H]2[C@@H]3C/C(=N/O)C4=C[C@@H](OS(=O)(=O)O)CC[C@]4(C)[C@H]3CC[C@]12C. The van der Waals surface area contributed by atoms with Gasteiger partial charge in [-0.2, -0.15) is 8.42 Å². The van der Waals surface area contributed by atoms with Gasteiger partial charge >= 0.3 is 10.4 Å². The van der Waals surface area contributed by atoms with E-state index in [1.54, 1.807) is 6.08 Å². The van der Waals surface area contributed by atoms with Crippen molar-refractivity contribution in [2.75, 3.05) is 0 Å². The van der Waals surface area contributed by atoms with E-state index < -0.39 is 16.5 Å². The van der Waals surface area contributed by atoms with Gasteiger partial charge in [-0.05, 0) is 103 Å². The van der Waals surface area contributed by atoms with Crippen LogP contribution in [0.2, 0.25) is 0 Å². The molecule has 2 N–H and O–H groups in total. The molecule has 8 atom stereocenters. The predicted molar refractivity (Wildman–Crippen MR) is 134 cm³/mol. The first kappa shape index (κ1) is 26.2. The lowest BCUT2D eigenvalue weighted by molar-refractivity contribution is -0.0469. The summed E-state index contributed by atoms with van der Waals surface area (Å²) in [6, 6.07) is 0. The largest absolute Gasteiger partial charge is 0.411 e. The number of rotatable bonds is 7. The average Bonchev–Trinajstić information content (AvgIpc) is 3.09. The molecule has 0 bridgehead atoms. The van der Waals surface area contributed by atoms with Crippen molar-refractivity contribution in [3.05, 3.63) is 11.6 Å². The number of nitrogens with zero attached hydrogens (tertiary/aromatic N) is 1. The lowest BCUT2D eigenvalue weighted by Gasteiger charge is -2.58. The molecule has 0 unspecified atom stereocenters. The molecule has 3 saturated carbocycles. The molecule has 4 aliphatic carbocycles. The van der Waals surface area contributed by atoms with Crippen molar-refractivity contribution in [1.82, 2.24) is 0 Å². The highest BCUT2D eigenvalue weighted by atomic mass is 32.3. The molecule has 6 nitrogen and oxygen atoms in total. The minimum atomic E-state index is -4.52. The Bertz CT molecular complexity index is 927. The smallest absolute Gasteiger partial charge is 0.397 e. The van der Waals surface area contributed by atoms with Gasteiger partial charge in [0.1, 0.15) is 0 Å². The zero-order valence-electron chi connectivity index (χ0n) is 21.7. The van der Waals surface area contributed by atoms with Crippen LogP contribution in [0.25, 0.3) is 0 Å². The fourth-order valence-electron chi connectivity index (χ4n) is 8.90. The van der Waals surface area contributed by atoms with Gasteiger partial charge in [-0.1, -0.05) is 59.0 Å². The normalized spacial score (nSPS) is 42.1. The highest BCUT2D eigenvalue weighted by Gasteiger charge is 2.60. The minimum Gasteiger partial charge on any atom is -0.411 e. The van der Waals surface area contributed by atoms with E-state index in [9.17, 15) is 13.6 Å². The number of allylic oxidation sites excluding steroid dienone is 1. The Balaban J connectivity index is 1.56. The van der Waals surface area contributed by atoms with Crippen LogP contribution in [0.5, 0.6) is 0 Å². The summed E-state index contributed by atoms with van der Waals surface area (Å²) in [6.07, 6.45) is 12.1. The summed E-state index contributed by atoms with van der Waals surface area (Å²) in [4.78, 5) is 0. The fraction of sp³-hybridized carbons (Fsp3) is 0.889. The van der Waals surface area contributed by atoms with Crippen LogP contribution in [-0.2, 0) is 14.6 Å². The van der Waals surface area contributed by atoms with Crippen molar-refractivity contribution in [1.29, 1.82) is 0 Å². The molecule has 4 rings (SSSR count). The number of hydrogen-bond acceptors (Lipinski definition) is 5. The van der Waals surface area contributed by atoms with Gasteiger partial charge in [0, 0.05) is 0 Å². The van der Waals surface area contributed by atoms with Gasteiger partial charge in [0.25, 0.3) is 0 Å². The summed E-state index contributed by atoms with van der Waals surface area (Å²) in [6.45, 7) is 11.9. The molecule has 0 saturated heterocycles. The molecule has 3 fully saturated rings. The van der Waals surface area contributed by atoms with Gasteiger partial charge < -0.3 is 5.21 Å². The molecule has 0 heterocycles. The Morgan fingerprint density at radius 1 is 1.09 bits per heavy atom. The van der Waals surface area contributed by atoms with Crippen molar-refractivity contribution >= 4 is 16.1 Å². The Hall–Kier alpha value is -0.920. The third kappa shape index (κ3) is 4.73. The van der Waals surface area contributed by atoms with E-state index >= 15 is 0 Å². The van der Waals surface area contributed by atoms with E-state index in [-0.39, 0.29) is 5.41 Å². The van der Waals surface area contributed by atoms with Crippen LogP contribution in [0, 0.1) is 46.3 Å². The van der Waals surface area contributed by atoms with Crippen LogP contribution in [0.1, 0.15) is 98.8 Å². The average molecular weight is 496 g/mol. The maximum absolute atomic E-state index is 11.3. The molecule has 194 valence electrons. The maximum atomic E-state index is 11.3. The van der Waals surface area contributed by atoms with Crippen molar-refractivity contribution in [3.63, 3.8) is 0 Å². The van der Waals surface area contributed by atoms with Crippen LogP contribution in [-0.4, -0.2) is 30.0 Å². The second kappa shape index (κ2) is 9.51. The van der Waals surface area contributed by atoms with E-state index in [1.807, 2.05) is 0 Å². The number of hydrogen-bond donors (Lipinski definition) is 2. The lowest BCUT2D eigenvalue weighted by atomic mass is 9.46. The quantitative estimate of drug-likeness (QED) is 0.234. The first-order valence-electron chi connectivity index (χ1n) is 13.5. The van der Waals surface area contributed by atoms with Crippen LogP contribution in [0.4, 0.5) is 0 Å². The standard InChI is InChI=1S/C27H45NO5S/c1-17(2)7-6-8-18(3)21-9-10-22-20-16-25(28-29)24-15-19(33-34(30,31)32)11-13-27(24,5)23(20)12-14-26(21,22)4/h15,17-23,29H,6-14,16H2,1-5H3,(H,30,31,32)/b28-25-/t18-,19+,20+,21-,22+,23+,26-,27-/m1/s1. The second-order valence-corrected chi connectivity index (χ2v) is 13.8. The van der Waals surface area contributed by atoms with Crippen molar-refractivity contribution < 1.29 is 22.4 Å². The van der Waals surface area contributed by atoms with Gasteiger partial charge in [0.05, 0.1) is 11.8 Å². The molecule has 0 aromatic heterocycles. The van der Waals surface area contributed by atoms with E-state index in [0.29, 0.717) is 35.3 Å². The molecule has 0 spiro atoms. The first-order valence-corrected chi connectivity index (χ1v) is 14.8. The van der Waals surface area contributed by atoms with Crippen molar-refractivity contribution in [3.8, 4) is 0 Å². The van der Waals surface area contributed by atoms with Gasteiger partial charge in [-0.3, -0.25) is 4.55 Å². The molecule has 34 heavy (non-hydrogen) atoms. The minimum absolute atomic E-state index is 0.147. The zero-order chi connectivity index (χ0) is 24.9. The molecule has 0 aromatic carbocycles. The van der Waals surface area contributed by atoms with Crippen LogP contribution in [0.3, 0.4) is 0 Å². The summed E-state index contributed by atoms with van der Waals surface area (Å²) < 4.78 is 36.6. The van der Waals surface area contributed by atoms with Crippen molar-refractivity contribution in [2.24, 2.45) is 51.5 Å². The third-order valence-electron chi connectivity index (χ3n) is 10.5. The second-order valence-electron chi connectivity index (χ2n) is 12.8. The zero-order valence-corrected chi connectivity index (χ0v) is 22.5. The highest BCUT2D eigenvalue weighted by Crippen LogP contribution is 2.67. The molecule has 0 aliphatic heterocycles. The summed E-state index contributed by atoms with van der Waals surface area (Å²) >= 11 is 0. The lowest BCUT2D eigenvalue weighted by Crippen LogP contribution is -2.53. The van der Waals surface area contributed by atoms with E-state index in [4.69, 9.17) is 8.74 Å². The third-order valence-corrected chi connectivity index (χ3v) is 11.0. The molecule has 7 heteroatoms. The maximum Gasteiger partial charge on any atom is 0.397 e. The summed E-state index contributed by atoms with van der Waals surface area (Å²) in [5, 5.41) is 13.7. The van der Waals surface area contributed by atoms with Gasteiger partial charge in [-0.15, -0.1) is 0 Å². The molecular formula is C27H45NO5S. The number of oxime groups is 1. The van der Waals surface area contributed by atoms with E-state index in [1.165, 1.54) is 44.9 Å². The fourth-order valence-corrected chi connectivity index (χ4v) is 9.36. The predicted octanol–water partition coefficient (Wildman–Crippen LogP) is 6.66. The molecule has 4 aliphatic rings. The molecule has 0 aromatic rings. The van der Waals surface area contributed by atoms with Crippen LogP contribution in [0.15, 0.2) is 16.8 Å². The summed E-state index contributed by atoms with van der Waals surface area (Å²) in [5.74, 6) is 3.94. The molecular weight excluding hydrogens is 450 g/mol. The Labute approximate surface area is 206 Å². The van der Waals surface area contributed by atoms with Crippen LogP contribution < -0.4 is 0 Å². The summed E-state index contributed by atoms with van der Waals surface area (Å²) in [7, 11) is -4.52. The Morgan fingerprint density at radius 3 is 2.47 bits per heavy atom. The van der Waals surface area contributed by atoms with Crippen molar-refractivity contribution in [2.45, 2.75) is 105 Å². The van der Waals surface area contributed by atoms with Gasteiger partial charge in [-0.25, -0.2) is 4.18 Å². The van der Waals surface area contributed by atoms with Gasteiger partial charge in [0.15, 0.2) is 0 Å². The Kier molecular flexibility index (Phi) is 7.32. The highest BCUT2D eigenvalue weighted by molar-refractivity contribution is 7.80.